The summed E-state index contributed by atoms with van der Waals surface area (Å²) in [5.74, 6) is -0.171. The molecule has 6 heteroatoms. The molecule has 0 aromatic carbocycles. The van der Waals surface area contributed by atoms with Gasteiger partial charge in [-0.3, -0.25) is 9.59 Å². The van der Waals surface area contributed by atoms with E-state index >= 15 is 0 Å². The maximum atomic E-state index is 12.8. The number of amides is 2. The first-order valence-corrected chi connectivity index (χ1v) is 9.55. The number of hydrogen-bond donors (Lipinski definition) is 0. The average molecular weight is 358 g/mol. The monoisotopic (exact) mass is 358 g/mol. The number of piperazine rings is 1. The molecule has 1 aliphatic carbocycles. The van der Waals surface area contributed by atoms with Crippen LogP contribution in [0.5, 0.6) is 0 Å². The molecule has 6 nitrogen and oxygen atoms in total. The fraction of sp³-hybridized carbons (Fsp3) is 0.750. The standard InChI is InChI=1S/C20H30N4O2/c1-15(25)22-5-7-23(8-6-22)18(26)16(11-21)12-24-14-20(4)10-17(24)9-19(2,3)13-20/h12,17H,5-10,13-14H2,1-4H3/b16-12-. The molecule has 2 heterocycles. The van der Waals surface area contributed by atoms with Crippen molar-refractivity contribution in [3.63, 3.8) is 0 Å². The number of rotatable bonds is 2. The molecule has 1 saturated carbocycles. The van der Waals surface area contributed by atoms with E-state index in [0.29, 0.717) is 37.6 Å². The molecule has 2 unspecified atom stereocenters. The normalized spacial score (nSPS) is 31.0. The number of likely N-dealkylation sites (tertiary alicyclic amines) is 1. The smallest absolute Gasteiger partial charge is 0.266 e. The molecule has 2 aliphatic heterocycles. The van der Waals surface area contributed by atoms with Gasteiger partial charge in [0.15, 0.2) is 0 Å². The number of carbonyl (C=O) groups excluding carboxylic acids is 2. The molecule has 142 valence electrons. The Morgan fingerprint density at radius 1 is 1.08 bits per heavy atom. The van der Waals surface area contributed by atoms with E-state index in [4.69, 9.17) is 0 Å². The van der Waals surface area contributed by atoms with Gasteiger partial charge in [0.1, 0.15) is 11.6 Å². The highest BCUT2D eigenvalue weighted by molar-refractivity contribution is 5.97. The first-order valence-electron chi connectivity index (χ1n) is 9.55. The Kier molecular flexibility index (Phi) is 4.76. The van der Waals surface area contributed by atoms with E-state index in [-0.39, 0.29) is 22.8 Å². The van der Waals surface area contributed by atoms with Gasteiger partial charge in [0.2, 0.25) is 5.91 Å². The molecular formula is C20H30N4O2. The van der Waals surface area contributed by atoms with Crippen molar-refractivity contribution in [3.05, 3.63) is 11.8 Å². The number of fused-ring (bicyclic) bond motifs is 2. The SMILES string of the molecule is CC(=O)N1CCN(C(=O)/C(C#N)=C\N2CC3(C)CC2CC(C)(C)C3)CC1. The zero-order chi connectivity index (χ0) is 19.1. The fourth-order valence-corrected chi connectivity index (χ4v) is 5.35. The van der Waals surface area contributed by atoms with Crippen molar-refractivity contribution in [2.45, 2.75) is 53.0 Å². The summed E-state index contributed by atoms with van der Waals surface area (Å²) in [7, 11) is 0. The Balaban J connectivity index is 1.70. The molecule has 2 saturated heterocycles. The Hall–Kier alpha value is -2.03. The summed E-state index contributed by atoms with van der Waals surface area (Å²) in [5.41, 5.74) is 0.787. The maximum Gasteiger partial charge on any atom is 0.266 e. The third-order valence-corrected chi connectivity index (χ3v) is 6.11. The van der Waals surface area contributed by atoms with Crippen molar-refractivity contribution in [2.75, 3.05) is 32.7 Å². The van der Waals surface area contributed by atoms with Crippen LogP contribution < -0.4 is 0 Å². The van der Waals surface area contributed by atoms with Crippen LogP contribution in [0.3, 0.4) is 0 Å². The van der Waals surface area contributed by atoms with Crippen LogP contribution in [-0.4, -0.2) is 65.3 Å². The average Bonchev–Trinajstić information content (AvgIpc) is 2.80. The van der Waals surface area contributed by atoms with E-state index in [1.54, 1.807) is 22.9 Å². The lowest BCUT2D eigenvalue weighted by molar-refractivity contribution is -0.136. The molecule has 0 spiro atoms. The van der Waals surface area contributed by atoms with E-state index in [0.717, 1.165) is 19.4 Å². The van der Waals surface area contributed by atoms with Gasteiger partial charge >= 0.3 is 0 Å². The second-order valence-corrected chi connectivity index (χ2v) is 9.34. The first-order chi connectivity index (χ1) is 12.1. The summed E-state index contributed by atoms with van der Waals surface area (Å²) in [4.78, 5) is 29.9. The highest BCUT2D eigenvalue weighted by Gasteiger charge is 2.49. The predicted octanol–water partition coefficient (Wildman–Crippen LogP) is 1.99. The van der Waals surface area contributed by atoms with Crippen LogP contribution in [0.2, 0.25) is 0 Å². The number of nitriles is 1. The third-order valence-electron chi connectivity index (χ3n) is 6.11. The molecule has 26 heavy (non-hydrogen) atoms. The van der Waals surface area contributed by atoms with Crippen LogP contribution in [0.1, 0.15) is 47.0 Å². The van der Waals surface area contributed by atoms with Crippen molar-refractivity contribution in [2.24, 2.45) is 10.8 Å². The summed E-state index contributed by atoms with van der Waals surface area (Å²) in [6.45, 7) is 11.5. The van der Waals surface area contributed by atoms with Crippen molar-refractivity contribution in [1.29, 1.82) is 5.26 Å². The van der Waals surface area contributed by atoms with E-state index < -0.39 is 0 Å². The molecule has 0 aromatic heterocycles. The summed E-state index contributed by atoms with van der Waals surface area (Å²) >= 11 is 0. The molecule has 2 amide bonds. The minimum Gasteiger partial charge on any atom is -0.373 e. The van der Waals surface area contributed by atoms with E-state index in [1.807, 2.05) is 0 Å². The highest BCUT2D eigenvalue weighted by atomic mass is 16.2. The van der Waals surface area contributed by atoms with Crippen LogP contribution in [0.25, 0.3) is 0 Å². The van der Waals surface area contributed by atoms with Gasteiger partial charge in [0.25, 0.3) is 5.91 Å². The lowest BCUT2D eigenvalue weighted by Gasteiger charge is -2.39. The van der Waals surface area contributed by atoms with Crippen LogP contribution >= 0.6 is 0 Å². The zero-order valence-electron chi connectivity index (χ0n) is 16.4. The maximum absolute atomic E-state index is 12.8. The largest absolute Gasteiger partial charge is 0.373 e. The molecule has 2 bridgehead atoms. The fourth-order valence-electron chi connectivity index (χ4n) is 5.35. The Labute approximate surface area is 156 Å². The van der Waals surface area contributed by atoms with Crippen LogP contribution in [0, 0.1) is 22.2 Å². The van der Waals surface area contributed by atoms with Crippen molar-refractivity contribution < 1.29 is 9.59 Å². The Morgan fingerprint density at radius 2 is 1.69 bits per heavy atom. The van der Waals surface area contributed by atoms with Gasteiger partial charge in [0.05, 0.1) is 0 Å². The summed E-state index contributed by atoms with van der Waals surface area (Å²) in [5, 5.41) is 9.58. The molecule has 0 aromatic rings. The van der Waals surface area contributed by atoms with Gasteiger partial charge in [-0.2, -0.15) is 5.26 Å². The molecule has 3 fully saturated rings. The zero-order valence-corrected chi connectivity index (χ0v) is 16.4. The van der Waals surface area contributed by atoms with Crippen LogP contribution in [0.15, 0.2) is 11.8 Å². The van der Waals surface area contributed by atoms with Crippen molar-refractivity contribution in [3.8, 4) is 6.07 Å². The van der Waals surface area contributed by atoms with Gasteiger partial charge < -0.3 is 14.7 Å². The van der Waals surface area contributed by atoms with Gasteiger partial charge in [-0.25, -0.2) is 0 Å². The third kappa shape index (κ3) is 3.72. The van der Waals surface area contributed by atoms with E-state index in [9.17, 15) is 14.9 Å². The first kappa shape index (κ1) is 18.8. The number of nitrogens with zero attached hydrogens (tertiary/aromatic N) is 4. The lowest BCUT2D eigenvalue weighted by Crippen LogP contribution is -2.50. The van der Waals surface area contributed by atoms with Crippen molar-refractivity contribution >= 4 is 11.8 Å². The Morgan fingerprint density at radius 3 is 2.27 bits per heavy atom. The van der Waals surface area contributed by atoms with E-state index in [2.05, 4.69) is 31.7 Å². The van der Waals surface area contributed by atoms with Crippen molar-refractivity contribution in [1.82, 2.24) is 14.7 Å². The molecule has 0 radical (unpaired) electrons. The van der Waals surface area contributed by atoms with Gasteiger partial charge in [-0.1, -0.05) is 20.8 Å². The molecule has 2 atom stereocenters. The summed E-state index contributed by atoms with van der Waals surface area (Å²) in [6.07, 6.45) is 5.22. The lowest BCUT2D eigenvalue weighted by atomic mass is 9.65. The Bertz CT molecular complexity index is 670. The summed E-state index contributed by atoms with van der Waals surface area (Å²) < 4.78 is 0. The molecule has 3 rings (SSSR count). The molecular weight excluding hydrogens is 328 g/mol. The topological polar surface area (TPSA) is 67.6 Å². The number of hydrogen-bond acceptors (Lipinski definition) is 4. The molecule has 3 aliphatic rings. The second kappa shape index (κ2) is 6.61. The quantitative estimate of drug-likeness (QED) is 0.559. The molecule has 0 N–H and O–H groups in total. The van der Waals surface area contributed by atoms with Crippen LogP contribution in [0.4, 0.5) is 0 Å². The van der Waals surface area contributed by atoms with Gasteiger partial charge in [0, 0.05) is 51.9 Å². The predicted molar refractivity (Wildman–Crippen MR) is 98.8 cm³/mol. The van der Waals surface area contributed by atoms with E-state index in [1.165, 1.54) is 6.42 Å². The van der Waals surface area contributed by atoms with Gasteiger partial charge in [-0.05, 0) is 30.1 Å². The second-order valence-electron chi connectivity index (χ2n) is 9.34. The summed E-state index contributed by atoms with van der Waals surface area (Å²) in [6, 6.07) is 2.53. The number of carbonyl (C=O) groups is 2. The van der Waals surface area contributed by atoms with Crippen LogP contribution in [-0.2, 0) is 9.59 Å². The highest BCUT2D eigenvalue weighted by Crippen LogP contribution is 2.52. The minimum atomic E-state index is -0.207. The van der Waals surface area contributed by atoms with Gasteiger partial charge in [-0.15, -0.1) is 0 Å². The minimum absolute atomic E-state index is 0.0355.